The van der Waals surface area contributed by atoms with E-state index in [4.69, 9.17) is 22.4 Å². The van der Waals surface area contributed by atoms with Crippen LogP contribution < -0.4 is 11.1 Å². The summed E-state index contributed by atoms with van der Waals surface area (Å²) < 4.78 is 27.9. The standard InChI is InChI=1S/C22H20ClFN8OS/c1-10(2)32-21-17(19(31-32)12-5-6-14(23)18-13(12)9-26-30-18)20(25)28-22(29-21)27-16-7-4-11(34(3)33)8-15(16)24/h4-10H,1-3H3,(H,26,30)(H3,25,27,28,29). The van der Waals surface area contributed by atoms with E-state index in [1.165, 1.54) is 18.4 Å². The van der Waals surface area contributed by atoms with Crippen molar-refractivity contribution in [3.63, 3.8) is 0 Å². The third-order valence-corrected chi connectivity index (χ3v) is 6.64. The molecule has 0 spiro atoms. The third kappa shape index (κ3) is 3.66. The normalized spacial score (nSPS) is 12.6. The number of anilines is 3. The summed E-state index contributed by atoms with van der Waals surface area (Å²) in [4.78, 5) is 9.35. The fourth-order valence-electron chi connectivity index (χ4n) is 3.77. The van der Waals surface area contributed by atoms with Crippen LogP contribution in [-0.2, 0) is 10.8 Å². The Kier molecular flexibility index (Phi) is 5.45. The number of nitrogens with one attached hydrogen (secondary N) is 2. The topological polar surface area (TPSA) is 127 Å². The van der Waals surface area contributed by atoms with Gasteiger partial charge < -0.3 is 11.1 Å². The summed E-state index contributed by atoms with van der Waals surface area (Å²) in [7, 11) is -1.29. The lowest BCUT2D eigenvalue weighted by molar-refractivity contribution is 0.548. The molecule has 0 saturated heterocycles. The van der Waals surface area contributed by atoms with Gasteiger partial charge >= 0.3 is 0 Å². The highest BCUT2D eigenvalue weighted by molar-refractivity contribution is 7.84. The molecule has 0 bridgehead atoms. The van der Waals surface area contributed by atoms with Crippen LogP contribution in [0.3, 0.4) is 0 Å². The Hall–Kier alpha value is -3.57. The maximum absolute atomic E-state index is 14.6. The number of aromatic nitrogens is 6. The van der Waals surface area contributed by atoms with Gasteiger partial charge in [-0.3, -0.25) is 9.31 Å². The second-order valence-corrected chi connectivity index (χ2v) is 9.78. The van der Waals surface area contributed by atoms with E-state index >= 15 is 0 Å². The number of nitrogens with zero attached hydrogens (tertiary/aromatic N) is 5. The lowest BCUT2D eigenvalue weighted by Gasteiger charge is -2.10. The minimum atomic E-state index is -1.29. The molecule has 0 amide bonds. The number of nitrogens with two attached hydrogens (primary N) is 1. The van der Waals surface area contributed by atoms with Crippen molar-refractivity contribution in [1.82, 2.24) is 29.9 Å². The van der Waals surface area contributed by atoms with Crippen LogP contribution in [0, 0.1) is 5.82 Å². The van der Waals surface area contributed by atoms with Crippen LogP contribution in [0.15, 0.2) is 41.4 Å². The molecule has 0 aliphatic carbocycles. The highest BCUT2D eigenvalue weighted by Gasteiger charge is 2.22. The van der Waals surface area contributed by atoms with Gasteiger partial charge in [0.2, 0.25) is 5.95 Å². The molecule has 3 aromatic heterocycles. The molecular formula is C22H20ClFN8OS. The lowest BCUT2D eigenvalue weighted by Crippen LogP contribution is -2.07. The van der Waals surface area contributed by atoms with E-state index in [0.717, 1.165) is 10.9 Å². The van der Waals surface area contributed by atoms with Gasteiger partial charge in [0.05, 0.1) is 27.8 Å². The van der Waals surface area contributed by atoms with Crippen molar-refractivity contribution >= 4 is 61.8 Å². The van der Waals surface area contributed by atoms with Crippen LogP contribution >= 0.6 is 11.6 Å². The average molecular weight is 499 g/mol. The monoisotopic (exact) mass is 498 g/mol. The summed E-state index contributed by atoms with van der Waals surface area (Å²) >= 11 is 6.30. The number of hydrogen-bond donors (Lipinski definition) is 3. The molecule has 0 radical (unpaired) electrons. The molecule has 0 saturated carbocycles. The Morgan fingerprint density at radius 3 is 2.74 bits per heavy atom. The van der Waals surface area contributed by atoms with Crippen LogP contribution in [0.4, 0.5) is 21.8 Å². The van der Waals surface area contributed by atoms with Gasteiger partial charge in [0.15, 0.2) is 5.65 Å². The molecular weight excluding hydrogens is 479 g/mol. The average Bonchev–Trinajstić information content (AvgIpc) is 3.42. The van der Waals surface area contributed by atoms with Crippen molar-refractivity contribution in [3.8, 4) is 11.3 Å². The fourth-order valence-corrected chi connectivity index (χ4v) is 4.51. The van der Waals surface area contributed by atoms with Gasteiger partial charge in [-0.1, -0.05) is 17.7 Å². The van der Waals surface area contributed by atoms with Gasteiger partial charge in [-0.2, -0.15) is 20.2 Å². The molecule has 174 valence electrons. The lowest BCUT2D eigenvalue weighted by atomic mass is 10.1. The van der Waals surface area contributed by atoms with Gasteiger partial charge in [-0.15, -0.1) is 0 Å². The maximum atomic E-state index is 14.6. The fraction of sp³-hybridized carbons (Fsp3) is 0.182. The molecule has 1 atom stereocenters. The Morgan fingerprint density at radius 2 is 2.03 bits per heavy atom. The van der Waals surface area contributed by atoms with Crippen LogP contribution in [0.25, 0.3) is 33.2 Å². The molecule has 3 heterocycles. The Balaban J connectivity index is 1.67. The van der Waals surface area contributed by atoms with E-state index in [2.05, 4.69) is 25.5 Å². The first-order valence-corrected chi connectivity index (χ1v) is 12.3. The Morgan fingerprint density at radius 1 is 1.24 bits per heavy atom. The highest BCUT2D eigenvalue weighted by Crippen LogP contribution is 2.38. The van der Waals surface area contributed by atoms with Gasteiger partial charge in [-0.05, 0) is 38.1 Å². The molecule has 9 nitrogen and oxygen atoms in total. The van der Waals surface area contributed by atoms with Crippen molar-refractivity contribution in [2.24, 2.45) is 0 Å². The van der Waals surface area contributed by atoms with Crippen molar-refractivity contribution < 1.29 is 8.60 Å². The van der Waals surface area contributed by atoms with Crippen molar-refractivity contribution in [1.29, 1.82) is 0 Å². The first-order valence-electron chi connectivity index (χ1n) is 10.3. The minimum absolute atomic E-state index is 0.0407. The molecule has 5 rings (SSSR count). The number of rotatable bonds is 5. The molecule has 4 N–H and O–H groups in total. The molecule has 0 fully saturated rings. The van der Waals surface area contributed by atoms with Crippen LogP contribution in [0.2, 0.25) is 5.02 Å². The first-order chi connectivity index (χ1) is 16.2. The first kappa shape index (κ1) is 22.2. The number of aromatic amines is 1. The van der Waals surface area contributed by atoms with Crippen LogP contribution in [0.1, 0.15) is 19.9 Å². The predicted octanol–water partition coefficient (Wildman–Crippen LogP) is 4.81. The number of hydrogen-bond acceptors (Lipinski definition) is 7. The van der Waals surface area contributed by atoms with E-state index < -0.39 is 16.6 Å². The smallest absolute Gasteiger partial charge is 0.231 e. The zero-order chi connectivity index (χ0) is 24.1. The van der Waals surface area contributed by atoms with E-state index in [9.17, 15) is 8.60 Å². The van der Waals surface area contributed by atoms with E-state index in [1.54, 1.807) is 23.0 Å². The molecule has 2 aromatic carbocycles. The number of nitrogen functional groups attached to an aromatic ring is 1. The Labute approximate surface area is 201 Å². The van der Waals surface area contributed by atoms with Crippen molar-refractivity contribution in [2.45, 2.75) is 24.8 Å². The van der Waals surface area contributed by atoms with Gasteiger partial charge in [0, 0.05) is 38.9 Å². The summed E-state index contributed by atoms with van der Waals surface area (Å²) in [6.45, 7) is 3.94. The maximum Gasteiger partial charge on any atom is 0.231 e. The van der Waals surface area contributed by atoms with Gasteiger partial charge in [0.25, 0.3) is 0 Å². The SMILES string of the molecule is CC(C)n1nc(-c2ccc(Cl)c3[nH]ncc23)c2c(N)nc(Nc3ccc(S(C)=O)cc3F)nc21. The summed E-state index contributed by atoms with van der Waals surface area (Å²) in [6, 6.07) is 7.86. The molecule has 5 aromatic rings. The summed E-state index contributed by atoms with van der Waals surface area (Å²) in [6.07, 6.45) is 3.17. The highest BCUT2D eigenvalue weighted by atomic mass is 35.5. The largest absolute Gasteiger partial charge is 0.383 e. The van der Waals surface area contributed by atoms with Crippen molar-refractivity contribution in [3.05, 3.63) is 47.4 Å². The Bertz CT molecular complexity index is 1600. The minimum Gasteiger partial charge on any atom is -0.383 e. The van der Waals surface area contributed by atoms with E-state index in [1.807, 2.05) is 19.9 Å². The summed E-state index contributed by atoms with van der Waals surface area (Å²) in [5, 5.41) is 16.6. The van der Waals surface area contributed by atoms with E-state index in [-0.39, 0.29) is 23.5 Å². The molecule has 12 heteroatoms. The van der Waals surface area contributed by atoms with Crippen LogP contribution in [-0.4, -0.2) is 40.4 Å². The zero-order valence-corrected chi connectivity index (χ0v) is 20.0. The molecule has 0 aliphatic rings. The van der Waals surface area contributed by atoms with Crippen LogP contribution in [0.5, 0.6) is 0 Å². The van der Waals surface area contributed by atoms with Gasteiger partial charge in [0.1, 0.15) is 17.3 Å². The quantitative estimate of drug-likeness (QED) is 0.317. The van der Waals surface area contributed by atoms with Crippen molar-refractivity contribution in [2.75, 3.05) is 17.3 Å². The van der Waals surface area contributed by atoms with Gasteiger partial charge in [-0.25, -0.2) is 9.07 Å². The predicted molar refractivity (Wildman–Crippen MR) is 132 cm³/mol. The number of H-pyrrole nitrogens is 1. The second-order valence-electron chi connectivity index (χ2n) is 7.99. The third-order valence-electron chi connectivity index (χ3n) is 5.41. The summed E-state index contributed by atoms with van der Waals surface area (Å²) in [5.41, 5.74) is 9.09. The second kappa shape index (κ2) is 8.33. The van der Waals surface area contributed by atoms with E-state index in [0.29, 0.717) is 32.2 Å². The zero-order valence-electron chi connectivity index (χ0n) is 18.4. The molecule has 1 unspecified atom stereocenters. The summed E-state index contributed by atoms with van der Waals surface area (Å²) in [5.74, 6) is -0.267. The number of halogens is 2. The molecule has 0 aliphatic heterocycles. The number of fused-ring (bicyclic) bond motifs is 2. The molecule has 34 heavy (non-hydrogen) atoms. The number of benzene rings is 2.